The molecule has 0 spiro atoms. The minimum atomic E-state index is 0.0139. The molecule has 2 nitrogen and oxygen atoms in total. The van der Waals surface area contributed by atoms with Gasteiger partial charge in [0.25, 0.3) is 0 Å². The molecule has 0 saturated carbocycles. The minimum Gasteiger partial charge on any atom is -0.349 e. The summed E-state index contributed by atoms with van der Waals surface area (Å²) in [6, 6.07) is 0.174. The van der Waals surface area contributed by atoms with Gasteiger partial charge in [-0.2, -0.15) is 0 Å². The number of carbonyl (C=O) groups is 1. The number of rotatable bonds is 0. The Morgan fingerprint density at radius 1 is 1.56 bits per heavy atom. The summed E-state index contributed by atoms with van der Waals surface area (Å²) in [6.45, 7) is 7.61. The van der Waals surface area contributed by atoms with E-state index in [4.69, 9.17) is 0 Å². The summed E-state index contributed by atoms with van der Waals surface area (Å²) >= 11 is 0. The standard InChI is InChI=1S/C7H11NO/c1-4-5(2)7(9)8-6(4)3/h5-6H,1H2,2-3H3,(H,8,9)/t5-,6-/m0/s1. The smallest absolute Gasteiger partial charge is 0.227 e. The highest BCUT2D eigenvalue weighted by atomic mass is 16.2. The molecule has 1 fully saturated rings. The lowest BCUT2D eigenvalue weighted by molar-refractivity contribution is -0.121. The number of nitrogens with one attached hydrogen (secondary N) is 1. The van der Waals surface area contributed by atoms with E-state index in [9.17, 15) is 4.79 Å². The molecule has 1 N–H and O–H groups in total. The fourth-order valence-corrected chi connectivity index (χ4v) is 0.974. The van der Waals surface area contributed by atoms with E-state index in [0.29, 0.717) is 0 Å². The maximum absolute atomic E-state index is 10.8. The number of hydrogen-bond donors (Lipinski definition) is 1. The number of carbonyl (C=O) groups excluding carboxylic acids is 1. The normalized spacial score (nSPS) is 34.9. The lowest BCUT2D eigenvalue weighted by Crippen LogP contribution is -2.23. The van der Waals surface area contributed by atoms with Crippen molar-refractivity contribution in [3.63, 3.8) is 0 Å². The first-order valence-electron chi connectivity index (χ1n) is 3.12. The van der Waals surface area contributed by atoms with Crippen LogP contribution in [0.15, 0.2) is 12.2 Å². The summed E-state index contributed by atoms with van der Waals surface area (Å²) < 4.78 is 0. The van der Waals surface area contributed by atoms with Crippen molar-refractivity contribution in [1.82, 2.24) is 5.32 Å². The van der Waals surface area contributed by atoms with Gasteiger partial charge < -0.3 is 5.32 Å². The van der Waals surface area contributed by atoms with Gasteiger partial charge >= 0.3 is 0 Å². The predicted molar refractivity (Wildman–Crippen MR) is 35.9 cm³/mol. The van der Waals surface area contributed by atoms with E-state index in [1.165, 1.54) is 0 Å². The van der Waals surface area contributed by atoms with E-state index in [2.05, 4.69) is 11.9 Å². The van der Waals surface area contributed by atoms with Crippen LogP contribution in [0.3, 0.4) is 0 Å². The first-order chi connectivity index (χ1) is 4.13. The molecular formula is C7H11NO. The lowest BCUT2D eigenvalue weighted by atomic mass is 10.0. The van der Waals surface area contributed by atoms with Gasteiger partial charge in [0.05, 0.1) is 5.92 Å². The summed E-state index contributed by atoms with van der Waals surface area (Å²) in [5, 5.41) is 2.78. The van der Waals surface area contributed by atoms with Gasteiger partial charge in [-0.3, -0.25) is 4.79 Å². The van der Waals surface area contributed by atoms with Crippen LogP contribution < -0.4 is 5.32 Å². The summed E-state index contributed by atoms with van der Waals surface area (Å²) in [7, 11) is 0. The van der Waals surface area contributed by atoms with E-state index < -0.39 is 0 Å². The van der Waals surface area contributed by atoms with Crippen molar-refractivity contribution in [3.8, 4) is 0 Å². The zero-order valence-electron chi connectivity index (χ0n) is 5.77. The highest BCUT2D eigenvalue weighted by Crippen LogP contribution is 2.18. The molecule has 2 atom stereocenters. The minimum absolute atomic E-state index is 0.0139. The van der Waals surface area contributed by atoms with Crippen LogP contribution in [0.25, 0.3) is 0 Å². The topological polar surface area (TPSA) is 29.1 Å². The molecule has 50 valence electrons. The van der Waals surface area contributed by atoms with Gasteiger partial charge in [0, 0.05) is 6.04 Å². The Hall–Kier alpha value is -0.790. The third-order valence-corrected chi connectivity index (χ3v) is 1.86. The molecule has 2 heteroatoms. The van der Waals surface area contributed by atoms with E-state index in [0.717, 1.165) is 5.57 Å². The first kappa shape index (κ1) is 6.33. The molecule has 0 radical (unpaired) electrons. The Kier molecular flexibility index (Phi) is 1.31. The van der Waals surface area contributed by atoms with Crippen LogP contribution in [0.2, 0.25) is 0 Å². The number of amides is 1. The van der Waals surface area contributed by atoms with Crippen LogP contribution in [0.4, 0.5) is 0 Å². The van der Waals surface area contributed by atoms with Crippen LogP contribution in [0.1, 0.15) is 13.8 Å². The van der Waals surface area contributed by atoms with Crippen molar-refractivity contribution in [3.05, 3.63) is 12.2 Å². The molecule has 9 heavy (non-hydrogen) atoms. The van der Waals surface area contributed by atoms with Crippen molar-refractivity contribution >= 4 is 5.91 Å². The molecule has 0 aliphatic carbocycles. The zero-order valence-corrected chi connectivity index (χ0v) is 5.77. The fourth-order valence-electron chi connectivity index (χ4n) is 0.974. The highest BCUT2D eigenvalue weighted by molar-refractivity contribution is 5.85. The third kappa shape index (κ3) is 0.846. The maximum Gasteiger partial charge on any atom is 0.227 e. The largest absolute Gasteiger partial charge is 0.349 e. The van der Waals surface area contributed by atoms with Crippen molar-refractivity contribution in [2.45, 2.75) is 19.9 Å². The maximum atomic E-state index is 10.8. The Morgan fingerprint density at radius 3 is 2.22 bits per heavy atom. The molecule has 1 aliphatic rings. The average molecular weight is 125 g/mol. The highest BCUT2D eigenvalue weighted by Gasteiger charge is 2.28. The van der Waals surface area contributed by atoms with E-state index in [1.807, 2.05) is 13.8 Å². The SMILES string of the molecule is C=C1[C@H](C)C(=O)N[C@H]1C. The lowest BCUT2D eigenvalue weighted by Gasteiger charge is -2.01. The third-order valence-electron chi connectivity index (χ3n) is 1.86. The van der Waals surface area contributed by atoms with Gasteiger partial charge in [-0.15, -0.1) is 0 Å². The first-order valence-corrected chi connectivity index (χ1v) is 3.12. The molecule has 0 aromatic carbocycles. The summed E-state index contributed by atoms with van der Waals surface area (Å²) in [5.74, 6) is 0.118. The summed E-state index contributed by atoms with van der Waals surface area (Å²) in [5.41, 5.74) is 1.00. The second-order valence-electron chi connectivity index (χ2n) is 2.53. The van der Waals surface area contributed by atoms with Gasteiger partial charge in [-0.1, -0.05) is 6.58 Å². The monoisotopic (exact) mass is 125 g/mol. The van der Waals surface area contributed by atoms with Gasteiger partial charge in [-0.25, -0.2) is 0 Å². The molecule has 1 rings (SSSR count). The van der Waals surface area contributed by atoms with E-state index in [-0.39, 0.29) is 17.9 Å². The van der Waals surface area contributed by atoms with Gasteiger partial charge in [0.15, 0.2) is 0 Å². The molecule has 1 aliphatic heterocycles. The molecule has 1 heterocycles. The zero-order chi connectivity index (χ0) is 7.02. The molecule has 1 saturated heterocycles. The summed E-state index contributed by atoms with van der Waals surface area (Å²) in [4.78, 5) is 10.8. The summed E-state index contributed by atoms with van der Waals surface area (Å²) in [6.07, 6.45) is 0. The quantitative estimate of drug-likeness (QED) is 0.474. The van der Waals surface area contributed by atoms with Crippen molar-refractivity contribution in [1.29, 1.82) is 0 Å². The Morgan fingerprint density at radius 2 is 2.11 bits per heavy atom. The van der Waals surface area contributed by atoms with E-state index >= 15 is 0 Å². The second-order valence-corrected chi connectivity index (χ2v) is 2.53. The van der Waals surface area contributed by atoms with Gasteiger partial charge in [0.1, 0.15) is 0 Å². The van der Waals surface area contributed by atoms with Crippen LogP contribution in [0, 0.1) is 5.92 Å². The Balaban J connectivity index is 2.77. The van der Waals surface area contributed by atoms with Crippen LogP contribution in [-0.4, -0.2) is 11.9 Å². The molecule has 1 amide bonds. The van der Waals surface area contributed by atoms with Gasteiger partial charge in [-0.05, 0) is 19.4 Å². The molecule has 0 aromatic rings. The molecule has 0 unspecified atom stereocenters. The number of hydrogen-bond acceptors (Lipinski definition) is 1. The Labute approximate surface area is 54.9 Å². The van der Waals surface area contributed by atoms with Crippen LogP contribution in [-0.2, 0) is 4.79 Å². The molecule has 0 bridgehead atoms. The fraction of sp³-hybridized carbons (Fsp3) is 0.571. The average Bonchev–Trinajstić information content (AvgIpc) is 1.98. The van der Waals surface area contributed by atoms with Crippen LogP contribution >= 0.6 is 0 Å². The van der Waals surface area contributed by atoms with Gasteiger partial charge in [0.2, 0.25) is 5.91 Å². The van der Waals surface area contributed by atoms with E-state index in [1.54, 1.807) is 0 Å². The molecular weight excluding hydrogens is 114 g/mol. The van der Waals surface area contributed by atoms with Crippen molar-refractivity contribution < 1.29 is 4.79 Å². The predicted octanol–water partition coefficient (Wildman–Crippen LogP) is 0.697. The second kappa shape index (κ2) is 1.87. The molecule has 0 aromatic heterocycles. The van der Waals surface area contributed by atoms with Crippen LogP contribution in [0.5, 0.6) is 0 Å². The Bertz CT molecular complexity index is 162. The van der Waals surface area contributed by atoms with Crippen molar-refractivity contribution in [2.24, 2.45) is 5.92 Å². The van der Waals surface area contributed by atoms with Crippen molar-refractivity contribution in [2.75, 3.05) is 0 Å².